The first-order valence-corrected chi connectivity index (χ1v) is 14.5. The van der Waals surface area contributed by atoms with Crippen molar-refractivity contribution in [3.05, 3.63) is 91.4 Å². The van der Waals surface area contributed by atoms with E-state index >= 15 is 0 Å². The van der Waals surface area contributed by atoms with Crippen LogP contribution < -0.4 is 24.3 Å². The molecule has 0 unspecified atom stereocenters. The van der Waals surface area contributed by atoms with Crippen LogP contribution in [0.1, 0.15) is 37.0 Å². The molecule has 1 aliphatic rings. The molecular weight excluding hydrogens is 638 g/mol. The van der Waals surface area contributed by atoms with Gasteiger partial charge in [0.1, 0.15) is 12.2 Å². The fourth-order valence-corrected chi connectivity index (χ4v) is 4.84. The minimum atomic E-state index is -0.838. The molecule has 4 amide bonds. The Bertz CT molecular complexity index is 1610. The number of hydrogen-bond donors (Lipinski definition) is 1. The van der Waals surface area contributed by atoms with Gasteiger partial charge in [0.05, 0.1) is 36.3 Å². The number of ether oxygens (including phenoxy) is 4. The van der Waals surface area contributed by atoms with Crippen LogP contribution in [0.4, 0.5) is 10.5 Å². The van der Waals surface area contributed by atoms with E-state index in [1.54, 1.807) is 42.5 Å². The van der Waals surface area contributed by atoms with E-state index in [0.29, 0.717) is 57.4 Å². The quantitative estimate of drug-likeness (QED) is 0.103. The molecule has 4 rings (SSSR count). The van der Waals surface area contributed by atoms with Crippen LogP contribution in [0.15, 0.2) is 64.6 Å². The van der Waals surface area contributed by atoms with E-state index in [-0.39, 0.29) is 24.4 Å². The zero-order valence-corrected chi connectivity index (χ0v) is 25.8. The van der Waals surface area contributed by atoms with Crippen LogP contribution in [0, 0.1) is 10.1 Å². The fraction of sp³-hybridized carbons (Fsp3) is 0.258. The number of hydrogen-bond acceptors (Lipinski definition) is 9. The summed E-state index contributed by atoms with van der Waals surface area (Å²) in [7, 11) is 1.44. The average Bonchev–Trinajstić information content (AvgIpc) is 3.00. The smallest absolute Gasteiger partial charge is 0.331 e. The number of benzene rings is 3. The Hall–Kier alpha value is -4.91. The molecule has 1 aliphatic heterocycles. The second kappa shape index (κ2) is 14.5. The van der Waals surface area contributed by atoms with Gasteiger partial charge >= 0.3 is 6.03 Å². The number of imide groups is 2. The summed E-state index contributed by atoms with van der Waals surface area (Å²) in [6.45, 7) is 4.73. The van der Waals surface area contributed by atoms with Gasteiger partial charge in [0.2, 0.25) is 0 Å². The highest BCUT2D eigenvalue weighted by atomic mass is 79.9. The van der Waals surface area contributed by atoms with Gasteiger partial charge in [-0.05, 0) is 88.4 Å². The summed E-state index contributed by atoms with van der Waals surface area (Å²) >= 11 is 3.45. The molecular formula is C31H30BrN3O9. The Morgan fingerprint density at radius 2 is 1.66 bits per heavy atom. The fourth-order valence-electron chi connectivity index (χ4n) is 4.27. The molecule has 0 bridgehead atoms. The third-order valence-corrected chi connectivity index (χ3v) is 6.98. The van der Waals surface area contributed by atoms with Crippen LogP contribution >= 0.6 is 15.9 Å². The van der Waals surface area contributed by atoms with Crippen LogP contribution in [0.2, 0.25) is 0 Å². The van der Waals surface area contributed by atoms with E-state index in [0.717, 1.165) is 11.3 Å². The van der Waals surface area contributed by atoms with Gasteiger partial charge in [0.15, 0.2) is 23.0 Å². The van der Waals surface area contributed by atoms with E-state index < -0.39 is 22.8 Å². The third-order valence-electron chi connectivity index (χ3n) is 6.39. The minimum absolute atomic E-state index is 0.0309. The first-order valence-electron chi connectivity index (χ1n) is 13.7. The van der Waals surface area contributed by atoms with Crippen molar-refractivity contribution in [2.45, 2.75) is 33.4 Å². The number of nitro groups is 1. The third kappa shape index (κ3) is 7.53. The molecule has 1 N–H and O–H groups in total. The van der Waals surface area contributed by atoms with E-state index in [1.807, 2.05) is 13.8 Å². The van der Waals surface area contributed by atoms with Crippen LogP contribution in [0.5, 0.6) is 23.0 Å². The van der Waals surface area contributed by atoms with E-state index in [4.69, 9.17) is 18.9 Å². The van der Waals surface area contributed by atoms with E-state index in [2.05, 4.69) is 21.2 Å². The van der Waals surface area contributed by atoms with E-state index in [1.165, 1.54) is 25.3 Å². The number of amides is 4. The van der Waals surface area contributed by atoms with Crippen LogP contribution in [0.25, 0.3) is 6.08 Å². The van der Waals surface area contributed by atoms with E-state index in [9.17, 15) is 24.5 Å². The summed E-state index contributed by atoms with van der Waals surface area (Å²) in [6, 6.07) is 13.5. The molecule has 13 heteroatoms. The lowest BCUT2D eigenvalue weighted by atomic mass is 10.1. The van der Waals surface area contributed by atoms with Crippen molar-refractivity contribution in [2.75, 3.05) is 20.3 Å². The minimum Gasteiger partial charge on any atom is -0.493 e. The number of methoxy groups -OCH3 is 1. The molecule has 1 heterocycles. The van der Waals surface area contributed by atoms with Gasteiger partial charge in [-0.3, -0.25) is 29.9 Å². The maximum atomic E-state index is 13.4. The van der Waals surface area contributed by atoms with Gasteiger partial charge in [0, 0.05) is 12.1 Å². The van der Waals surface area contributed by atoms with Gasteiger partial charge in [0.25, 0.3) is 17.5 Å². The summed E-state index contributed by atoms with van der Waals surface area (Å²) in [5, 5.41) is 13.1. The van der Waals surface area contributed by atoms with Crippen molar-refractivity contribution < 1.29 is 38.3 Å². The van der Waals surface area contributed by atoms with Gasteiger partial charge < -0.3 is 18.9 Å². The highest BCUT2D eigenvalue weighted by molar-refractivity contribution is 9.10. The normalized spacial score (nSPS) is 14.0. The monoisotopic (exact) mass is 667 g/mol. The number of carbonyl (C=O) groups is 3. The Balaban J connectivity index is 1.55. The molecule has 3 aromatic rings. The maximum Gasteiger partial charge on any atom is 0.331 e. The molecule has 0 aliphatic carbocycles. The summed E-state index contributed by atoms with van der Waals surface area (Å²) < 4.78 is 23.3. The predicted molar refractivity (Wildman–Crippen MR) is 164 cm³/mol. The standard InChI is InChI=1S/C31H30BrN3O9/c1-4-12-43-25-11-8-20(15-26(25)42-5-2)17-34-30(37)23(29(36)33-31(34)38)13-21-14-24(32)28(27(16-21)41-3)44-18-19-6-9-22(10-7-19)35(39)40/h6-11,13-16H,4-5,12,17-18H2,1-3H3,(H,33,36,38)/b23-13+. The number of nitro benzene ring substituents is 1. The van der Waals surface area contributed by atoms with Gasteiger partial charge in [-0.25, -0.2) is 4.79 Å². The van der Waals surface area contributed by atoms with Crippen molar-refractivity contribution in [1.29, 1.82) is 0 Å². The molecule has 3 aromatic carbocycles. The SMILES string of the molecule is CCCOc1ccc(CN2C(=O)NC(=O)/C(=C\c3cc(Br)c(OCc4ccc([N+](=O)[O-])cc4)c(OC)c3)C2=O)cc1OCC. The molecule has 0 radical (unpaired) electrons. The molecule has 230 valence electrons. The Morgan fingerprint density at radius 1 is 0.932 bits per heavy atom. The van der Waals surface area contributed by atoms with Crippen molar-refractivity contribution in [2.24, 2.45) is 0 Å². The number of urea groups is 1. The second-order valence-corrected chi connectivity index (χ2v) is 10.4. The molecule has 0 spiro atoms. The zero-order chi connectivity index (χ0) is 31.8. The molecule has 12 nitrogen and oxygen atoms in total. The first-order chi connectivity index (χ1) is 21.1. The topological polar surface area (TPSA) is 147 Å². The number of barbiturate groups is 1. The average molecular weight is 668 g/mol. The van der Waals surface area contributed by atoms with Crippen molar-refractivity contribution in [1.82, 2.24) is 10.2 Å². The van der Waals surface area contributed by atoms with Gasteiger partial charge in [-0.1, -0.05) is 13.0 Å². The molecule has 44 heavy (non-hydrogen) atoms. The molecule has 0 aromatic heterocycles. The molecule has 1 fully saturated rings. The summed E-state index contributed by atoms with van der Waals surface area (Å²) in [5.41, 5.74) is 1.46. The van der Waals surface area contributed by atoms with Crippen molar-refractivity contribution in [3.63, 3.8) is 0 Å². The summed E-state index contributed by atoms with van der Waals surface area (Å²) in [4.78, 5) is 50.2. The van der Waals surface area contributed by atoms with Crippen LogP contribution in [-0.2, 0) is 22.7 Å². The summed E-state index contributed by atoms with van der Waals surface area (Å²) in [6.07, 6.45) is 2.18. The number of non-ortho nitro benzene ring substituents is 1. The Kier molecular flexibility index (Phi) is 10.6. The van der Waals surface area contributed by atoms with Crippen LogP contribution in [0.3, 0.4) is 0 Å². The second-order valence-electron chi connectivity index (χ2n) is 9.52. The van der Waals surface area contributed by atoms with Crippen molar-refractivity contribution in [3.8, 4) is 23.0 Å². The lowest BCUT2D eigenvalue weighted by molar-refractivity contribution is -0.384. The number of halogens is 1. The largest absolute Gasteiger partial charge is 0.493 e. The van der Waals surface area contributed by atoms with Gasteiger partial charge in [-0.15, -0.1) is 0 Å². The Labute approximate surface area is 261 Å². The number of rotatable bonds is 13. The lowest BCUT2D eigenvalue weighted by Crippen LogP contribution is -2.53. The predicted octanol–water partition coefficient (Wildman–Crippen LogP) is 5.79. The van der Waals surface area contributed by atoms with Crippen molar-refractivity contribution >= 4 is 45.5 Å². The number of nitrogens with zero attached hydrogens (tertiary/aromatic N) is 2. The highest BCUT2D eigenvalue weighted by Crippen LogP contribution is 2.38. The number of nitrogens with one attached hydrogen (secondary N) is 1. The highest BCUT2D eigenvalue weighted by Gasteiger charge is 2.36. The number of carbonyl (C=O) groups excluding carboxylic acids is 3. The molecule has 0 saturated carbocycles. The van der Waals surface area contributed by atoms with Crippen LogP contribution in [-0.4, -0.2) is 48.0 Å². The Morgan fingerprint density at radius 3 is 2.32 bits per heavy atom. The van der Waals surface area contributed by atoms with Gasteiger partial charge in [-0.2, -0.15) is 0 Å². The first kappa shape index (κ1) is 32.0. The molecule has 1 saturated heterocycles. The summed E-state index contributed by atoms with van der Waals surface area (Å²) in [5.74, 6) is 0.101. The lowest BCUT2D eigenvalue weighted by Gasteiger charge is -2.26. The maximum absolute atomic E-state index is 13.4. The molecule has 0 atom stereocenters. The zero-order valence-electron chi connectivity index (χ0n) is 24.3.